The first-order valence-corrected chi connectivity index (χ1v) is 12.2. The molecule has 37 heavy (non-hydrogen) atoms. The highest BCUT2D eigenvalue weighted by Gasteiger charge is 2.23. The van der Waals surface area contributed by atoms with Crippen molar-refractivity contribution in [2.24, 2.45) is 0 Å². The van der Waals surface area contributed by atoms with E-state index < -0.39 is 0 Å². The van der Waals surface area contributed by atoms with Crippen LogP contribution in [0.15, 0.2) is 35.4 Å². The lowest BCUT2D eigenvalue weighted by atomic mass is 9.96. The van der Waals surface area contributed by atoms with Crippen molar-refractivity contribution in [3.8, 4) is 40.5 Å². The van der Waals surface area contributed by atoms with Gasteiger partial charge in [-0.3, -0.25) is 4.79 Å². The first-order chi connectivity index (χ1) is 17.8. The van der Waals surface area contributed by atoms with E-state index in [1.165, 1.54) is 33.1 Å². The molecule has 1 heterocycles. The van der Waals surface area contributed by atoms with Crippen molar-refractivity contribution in [1.29, 1.82) is 10.5 Å². The molecule has 0 bridgehead atoms. The summed E-state index contributed by atoms with van der Waals surface area (Å²) in [6, 6.07) is 13.3. The molecule has 3 N–H and O–H groups in total. The molecule has 0 spiro atoms. The maximum Gasteiger partial charge on any atom is 0.225 e. The first-order valence-electron chi connectivity index (χ1n) is 11.2. The number of nitrogens with one attached hydrogen (secondary N) is 1. The summed E-state index contributed by atoms with van der Waals surface area (Å²) in [5.74, 6) is 1.25. The van der Waals surface area contributed by atoms with Crippen molar-refractivity contribution in [2.75, 3.05) is 38.1 Å². The SMILES string of the molecule is COc1cc(-c2c(C#N)c(N)nc(SCCC(=O)Nc3ccc(C)cc3C)c2C#N)cc(OC)c1OC. The molecule has 0 fully saturated rings. The fourth-order valence-electron chi connectivity index (χ4n) is 3.82. The number of nitrogen functional groups attached to an aromatic ring is 1. The monoisotopic (exact) mass is 517 g/mol. The summed E-state index contributed by atoms with van der Waals surface area (Å²) >= 11 is 1.22. The Kier molecular flexibility index (Phi) is 8.83. The lowest BCUT2D eigenvalue weighted by Gasteiger charge is -2.17. The first kappa shape index (κ1) is 27.2. The molecule has 1 amide bonds. The van der Waals surface area contributed by atoms with Crippen LogP contribution in [-0.4, -0.2) is 38.0 Å². The fourth-order valence-corrected chi connectivity index (χ4v) is 4.76. The zero-order chi connectivity index (χ0) is 27.1. The number of methoxy groups -OCH3 is 3. The second-order valence-electron chi connectivity index (χ2n) is 8.03. The predicted octanol–water partition coefficient (Wildman–Crippen LogP) is 4.84. The number of ether oxygens (including phenoxy) is 3. The molecule has 0 aliphatic heterocycles. The number of rotatable bonds is 9. The topological polar surface area (TPSA) is 143 Å². The lowest BCUT2D eigenvalue weighted by Crippen LogP contribution is -2.13. The molecule has 0 radical (unpaired) electrons. The van der Waals surface area contributed by atoms with Gasteiger partial charge in [0.2, 0.25) is 11.7 Å². The highest BCUT2D eigenvalue weighted by molar-refractivity contribution is 7.99. The van der Waals surface area contributed by atoms with Crippen molar-refractivity contribution in [3.63, 3.8) is 0 Å². The predicted molar refractivity (Wildman–Crippen MR) is 143 cm³/mol. The van der Waals surface area contributed by atoms with Crippen LogP contribution in [0.25, 0.3) is 11.1 Å². The number of hydrogen-bond donors (Lipinski definition) is 2. The molecule has 9 nitrogen and oxygen atoms in total. The molecular weight excluding hydrogens is 490 g/mol. The number of amides is 1. The molecule has 0 aliphatic carbocycles. The normalized spacial score (nSPS) is 10.2. The van der Waals surface area contributed by atoms with Gasteiger partial charge in [-0.05, 0) is 43.2 Å². The number of aryl methyl sites for hydroxylation is 2. The van der Waals surface area contributed by atoms with Crippen LogP contribution in [0.1, 0.15) is 28.7 Å². The smallest absolute Gasteiger partial charge is 0.225 e. The van der Waals surface area contributed by atoms with E-state index in [1.807, 2.05) is 32.0 Å². The van der Waals surface area contributed by atoms with Gasteiger partial charge in [0.25, 0.3) is 0 Å². The highest BCUT2D eigenvalue weighted by Crippen LogP contribution is 2.44. The average Bonchev–Trinajstić information content (AvgIpc) is 2.88. The number of hydrogen-bond acceptors (Lipinski definition) is 9. The Morgan fingerprint density at radius 1 is 1.03 bits per heavy atom. The van der Waals surface area contributed by atoms with Crippen LogP contribution in [0, 0.1) is 36.5 Å². The molecule has 190 valence electrons. The van der Waals surface area contributed by atoms with Crippen LogP contribution in [0.5, 0.6) is 17.2 Å². The standard InChI is InChI=1S/C27H27N5O4S/c1-15-6-7-20(16(2)10-15)31-23(33)8-9-37-27-19(14-29)24(18(13-28)26(30)32-27)17-11-21(34-3)25(36-5)22(12-17)35-4/h6-7,10-12H,8-9H2,1-5H3,(H2,30,32)(H,31,33). The maximum absolute atomic E-state index is 12.5. The third-order valence-corrected chi connectivity index (χ3v) is 6.57. The third-order valence-electron chi connectivity index (χ3n) is 5.59. The highest BCUT2D eigenvalue weighted by atomic mass is 32.2. The van der Waals surface area contributed by atoms with Crippen LogP contribution in [0.2, 0.25) is 0 Å². The summed E-state index contributed by atoms with van der Waals surface area (Å²) in [7, 11) is 4.43. The van der Waals surface area contributed by atoms with Gasteiger partial charge in [0.15, 0.2) is 11.5 Å². The van der Waals surface area contributed by atoms with E-state index in [0.717, 1.165) is 16.8 Å². The Morgan fingerprint density at radius 3 is 2.22 bits per heavy atom. The van der Waals surface area contributed by atoms with Gasteiger partial charge in [-0.15, -0.1) is 11.8 Å². The van der Waals surface area contributed by atoms with Gasteiger partial charge in [-0.25, -0.2) is 4.98 Å². The van der Waals surface area contributed by atoms with E-state index in [2.05, 4.69) is 22.4 Å². The van der Waals surface area contributed by atoms with Crippen molar-refractivity contribution in [2.45, 2.75) is 25.3 Å². The van der Waals surface area contributed by atoms with Gasteiger partial charge in [-0.1, -0.05) is 17.7 Å². The van der Waals surface area contributed by atoms with E-state index in [-0.39, 0.29) is 29.3 Å². The minimum atomic E-state index is -0.163. The van der Waals surface area contributed by atoms with Gasteiger partial charge >= 0.3 is 0 Å². The molecule has 0 saturated carbocycles. The fraction of sp³-hybridized carbons (Fsp3) is 0.259. The second kappa shape index (κ2) is 12.0. The summed E-state index contributed by atoms with van der Waals surface area (Å²) in [6.45, 7) is 3.93. The van der Waals surface area contributed by atoms with Crippen molar-refractivity contribution >= 4 is 29.2 Å². The molecule has 3 rings (SSSR count). The number of carbonyl (C=O) groups excluding carboxylic acids is 1. The van der Waals surface area contributed by atoms with Crippen LogP contribution in [0.4, 0.5) is 11.5 Å². The molecule has 0 aliphatic rings. The number of aromatic nitrogens is 1. The summed E-state index contributed by atoms with van der Waals surface area (Å²) in [5.41, 5.74) is 9.98. The molecular formula is C27H27N5O4S. The Balaban J connectivity index is 1.94. The van der Waals surface area contributed by atoms with Crippen molar-refractivity contribution in [1.82, 2.24) is 4.98 Å². The third kappa shape index (κ3) is 5.88. The number of carbonyl (C=O) groups is 1. The van der Waals surface area contributed by atoms with Crippen LogP contribution >= 0.6 is 11.8 Å². The zero-order valence-electron chi connectivity index (χ0n) is 21.3. The van der Waals surface area contributed by atoms with Gasteiger partial charge < -0.3 is 25.3 Å². The van der Waals surface area contributed by atoms with E-state index >= 15 is 0 Å². The quantitative estimate of drug-likeness (QED) is 0.381. The van der Waals surface area contributed by atoms with E-state index in [9.17, 15) is 15.3 Å². The maximum atomic E-state index is 12.5. The molecule has 0 saturated heterocycles. The van der Waals surface area contributed by atoms with Crippen LogP contribution in [0.3, 0.4) is 0 Å². The summed E-state index contributed by atoms with van der Waals surface area (Å²) in [5, 5.41) is 23.1. The van der Waals surface area contributed by atoms with Gasteiger partial charge in [-0.2, -0.15) is 10.5 Å². The molecule has 2 aromatic carbocycles. The molecule has 1 aromatic heterocycles. The molecule has 0 atom stereocenters. The van der Waals surface area contributed by atoms with Gasteiger partial charge in [0.1, 0.15) is 28.5 Å². The number of thioether (sulfide) groups is 1. The molecule has 0 unspecified atom stereocenters. The Labute approximate surface area is 220 Å². The minimum Gasteiger partial charge on any atom is -0.493 e. The van der Waals surface area contributed by atoms with Crippen molar-refractivity contribution in [3.05, 3.63) is 52.6 Å². The summed E-state index contributed by atoms with van der Waals surface area (Å²) in [4.78, 5) is 16.8. The Bertz CT molecular complexity index is 1400. The number of pyridine rings is 1. The van der Waals surface area contributed by atoms with Crippen LogP contribution < -0.4 is 25.3 Å². The van der Waals surface area contributed by atoms with Gasteiger partial charge in [0, 0.05) is 23.4 Å². The number of benzene rings is 2. The number of nitriles is 2. The Hall–Kier alpha value is -4.41. The minimum absolute atomic E-state index is 0.0208. The largest absolute Gasteiger partial charge is 0.493 e. The summed E-state index contributed by atoms with van der Waals surface area (Å²) < 4.78 is 16.3. The van der Waals surface area contributed by atoms with E-state index in [1.54, 1.807) is 12.1 Å². The number of anilines is 2. The van der Waals surface area contributed by atoms with E-state index in [0.29, 0.717) is 39.2 Å². The van der Waals surface area contributed by atoms with E-state index in [4.69, 9.17) is 19.9 Å². The lowest BCUT2D eigenvalue weighted by molar-refractivity contribution is -0.115. The Morgan fingerprint density at radius 2 is 1.68 bits per heavy atom. The van der Waals surface area contributed by atoms with Crippen LogP contribution in [-0.2, 0) is 4.79 Å². The zero-order valence-corrected chi connectivity index (χ0v) is 22.1. The molecule has 3 aromatic rings. The second-order valence-corrected chi connectivity index (χ2v) is 9.11. The van der Waals surface area contributed by atoms with Gasteiger partial charge in [0.05, 0.1) is 26.9 Å². The molecule has 10 heteroatoms. The number of nitrogens with zero attached hydrogens (tertiary/aromatic N) is 3. The van der Waals surface area contributed by atoms with Crippen molar-refractivity contribution < 1.29 is 19.0 Å². The number of nitrogens with two attached hydrogens (primary N) is 1. The average molecular weight is 518 g/mol. The summed E-state index contributed by atoms with van der Waals surface area (Å²) in [6.07, 6.45) is 0.184.